The largest absolute Gasteiger partial charge is 0.477 e. The zero-order chi connectivity index (χ0) is 14.8. The number of nitrogens with one attached hydrogen (secondary N) is 1. The van der Waals surface area contributed by atoms with Crippen molar-refractivity contribution in [2.45, 2.75) is 25.2 Å². The van der Waals surface area contributed by atoms with Crippen molar-refractivity contribution in [2.75, 3.05) is 5.32 Å². The molecule has 0 fully saturated rings. The van der Waals surface area contributed by atoms with Crippen molar-refractivity contribution in [3.05, 3.63) is 45.9 Å². The Balaban J connectivity index is 1.74. The minimum atomic E-state index is -1.08. The molecule has 5 nitrogen and oxygen atoms in total. The molecular formula is C15H14N2O3S. The second kappa shape index (κ2) is 5.65. The van der Waals surface area contributed by atoms with Crippen LogP contribution in [0, 0.1) is 0 Å². The highest BCUT2D eigenvalue weighted by Gasteiger charge is 2.27. The summed E-state index contributed by atoms with van der Waals surface area (Å²) in [6, 6.07) is 4.97. The molecule has 2 N–H and O–H groups in total. The molecule has 0 bridgehead atoms. The van der Waals surface area contributed by atoms with Crippen LogP contribution in [-0.2, 0) is 11.2 Å². The van der Waals surface area contributed by atoms with Gasteiger partial charge in [0.05, 0.1) is 17.8 Å². The molecule has 1 atom stereocenters. The summed E-state index contributed by atoms with van der Waals surface area (Å²) in [6.07, 6.45) is 4.28. The third-order valence-corrected chi connectivity index (χ3v) is 4.62. The highest BCUT2D eigenvalue weighted by atomic mass is 32.1. The summed E-state index contributed by atoms with van der Waals surface area (Å²) in [7, 11) is 0. The Morgan fingerprint density at radius 1 is 1.33 bits per heavy atom. The van der Waals surface area contributed by atoms with Crippen molar-refractivity contribution in [3.8, 4) is 0 Å². The number of hydrogen-bond donors (Lipinski definition) is 2. The lowest BCUT2D eigenvalue weighted by Gasteiger charge is -2.21. The van der Waals surface area contributed by atoms with Crippen molar-refractivity contribution in [3.63, 3.8) is 0 Å². The molecule has 1 aliphatic carbocycles. The fourth-order valence-corrected chi connectivity index (χ4v) is 3.57. The predicted octanol–water partition coefficient (Wildman–Crippen LogP) is 2.90. The van der Waals surface area contributed by atoms with Gasteiger partial charge in [0.1, 0.15) is 5.69 Å². The number of nitrogens with zero attached hydrogens (tertiary/aromatic N) is 1. The number of amides is 1. The predicted molar refractivity (Wildman–Crippen MR) is 79.8 cm³/mol. The lowest BCUT2D eigenvalue weighted by Crippen LogP contribution is -2.24. The highest BCUT2D eigenvalue weighted by molar-refractivity contribution is 7.10. The van der Waals surface area contributed by atoms with E-state index in [1.165, 1.54) is 17.1 Å². The van der Waals surface area contributed by atoms with Gasteiger partial charge < -0.3 is 10.4 Å². The van der Waals surface area contributed by atoms with E-state index in [2.05, 4.69) is 10.3 Å². The van der Waals surface area contributed by atoms with Crippen molar-refractivity contribution >= 4 is 28.9 Å². The molecule has 0 radical (unpaired) electrons. The standard InChI is InChI=1S/C15H14N2O3S/c18-14(11-2-1-3-13-10(11)6-7-21-13)17-9-4-5-12(15(19)20)16-8-9/h4-8,11H,1-3H2,(H,17,18)(H,19,20). The summed E-state index contributed by atoms with van der Waals surface area (Å²) in [6.45, 7) is 0. The van der Waals surface area contributed by atoms with Crippen LogP contribution in [0.4, 0.5) is 5.69 Å². The summed E-state index contributed by atoms with van der Waals surface area (Å²) in [5.74, 6) is -1.26. The van der Waals surface area contributed by atoms with E-state index in [1.807, 2.05) is 11.4 Å². The molecule has 0 saturated carbocycles. The smallest absolute Gasteiger partial charge is 0.354 e. The average Bonchev–Trinajstić information content (AvgIpc) is 2.96. The van der Waals surface area contributed by atoms with E-state index in [0.717, 1.165) is 24.8 Å². The van der Waals surface area contributed by atoms with Gasteiger partial charge >= 0.3 is 5.97 Å². The van der Waals surface area contributed by atoms with E-state index in [9.17, 15) is 9.59 Å². The quantitative estimate of drug-likeness (QED) is 0.913. The van der Waals surface area contributed by atoms with Crippen LogP contribution >= 0.6 is 11.3 Å². The van der Waals surface area contributed by atoms with Gasteiger partial charge in [0.25, 0.3) is 0 Å². The Morgan fingerprint density at radius 2 is 2.19 bits per heavy atom. The molecule has 1 unspecified atom stereocenters. The van der Waals surface area contributed by atoms with E-state index in [0.29, 0.717) is 5.69 Å². The van der Waals surface area contributed by atoms with Crippen LogP contribution in [0.5, 0.6) is 0 Å². The van der Waals surface area contributed by atoms with Gasteiger partial charge in [-0.25, -0.2) is 9.78 Å². The number of carboxylic acid groups (broad SMARTS) is 1. The second-order valence-electron chi connectivity index (χ2n) is 4.97. The molecule has 2 heterocycles. The first-order chi connectivity index (χ1) is 10.1. The van der Waals surface area contributed by atoms with Gasteiger partial charge in [-0.1, -0.05) is 0 Å². The van der Waals surface area contributed by atoms with Gasteiger partial charge in [0.15, 0.2) is 0 Å². The van der Waals surface area contributed by atoms with E-state index in [-0.39, 0.29) is 17.5 Å². The number of aromatic nitrogens is 1. The van der Waals surface area contributed by atoms with Gasteiger partial charge in [-0.2, -0.15) is 0 Å². The van der Waals surface area contributed by atoms with Gasteiger partial charge in [-0.3, -0.25) is 4.79 Å². The summed E-state index contributed by atoms with van der Waals surface area (Å²) in [5, 5.41) is 13.6. The van der Waals surface area contributed by atoms with E-state index < -0.39 is 5.97 Å². The Labute approximate surface area is 125 Å². The topological polar surface area (TPSA) is 79.3 Å². The molecule has 108 valence electrons. The third-order valence-electron chi connectivity index (χ3n) is 3.62. The second-order valence-corrected chi connectivity index (χ2v) is 5.97. The highest BCUT2D eigenvalue weighted by Crippen LogP contribution is 2.35. The maximum absolute atomic E-state index is 12.4. The molecule has 2 aromatic heterocycles. The maximum Gasteiger partial charge on any atom is 0.354 e. The number of aromatic carboxylic acids is 1. The van der Waals surface area contributed by atoms with Crippen LogP contribution in [-0.4, -0.2) is 22.0 Å². The van der Waals surface area contributed by atoms with Crippen LogP contribution in [0.1, 0.15) is 39.7 Å². The first-order valence-corrected chi connectivity index (χ1v) is 7.59. The first kappa shape index (κ1) is 13.8. The summed E-state index contributed by atoms with van der Waals surface area (Å²) in [5.41, 5.74) is 1.61. The van der Waals surface area contributed by atoms with Crippen molar-refractivity contribution < 1.29 is 14.7 Å². The van der Waals surface area contributed by atoms with Crippen LogP contribution < -0.4 is 5.32 Å². The van der Waals surface area contributed by atoms with Gasteiger partial charge in [0.2, 0.25) is 5.91 Å². The van der Waals surface area contributed by atoms with Crippen LogP contribution in [0.3, 0.4) is 0 Å². The van der Waals surface area contributed by atoms with E-state index >= 15 is 0 Å². The van der Waals surface area contributed by atoms with Gasteiger partial charge in [-0.15, -0.1) is 11.3 Å². The number of carbonyl (C=O) groups excluding carboxylic acids is 1. The number of fused-ring (bicyclic) bond motifs is 1. The monoisotopic (exact) mass is 302 g/mol. The Bertz CT molecular complexity index is 678. The number of carboxylic acids is 1. The van der Waals surface area contributed by atoms with E-state index in [4.69, 9.17) is 5.11 Å². The average molecular weight is 302 g/mol. The maximum atomic E-state index is 12.4. The van der Waals surface area contributed by atoms with E-state index in [1.54, 1.807) is 17.4 Å². The number of carbonyl (C=O) groups is 2. The lowest BCUT2D eigenvalue weighted by molar-refractivity contribution is -0.117. The molecule has 21 heavy (non-hydrogen) atoms. The summed E-state index contributed by atoms with van der Waals surface area (Å²) < 4.78 is 0. The van der Waals surface area contributed by atoms with Crippen molar-refractivity contribution in [1.29, 1.82) is 0 Å². The lowest BCUT2D eigenvalue weighted by atomic mass is 9.87. The first-order valence-electron chi connectivity index (χ1n) is 6.71. The minimum absolute atomic E-state index is 0.0363. The van der Waals surface area contributed by atoms with Crippen molar-refractivity contribution in [2.24, 2.45) is 0 Å². The molecular weight excluding hydrogens is 288 g/mol. The number of hydrogen-bond acceptors (Lipinski definition) is 4. The fourth-order valence-electron chi connectivity index (χ4n) is 2.58. The fraction of sp³-hybridized carbons (Fsp3) is 0.267. The summed E-state index contributed by atoms with van der Waals surface area (Å²) >= 11 is 1.70. The number of thiophene rings is 1. The molecule has 1 aliphatic rings. The molecule has 0 saturated heterocycles. The van der Waals surface area contributed by atoms with Crippen LogP contribution in [0.2, 0.25) is 0 Å². The zero-order valence-corrected chi connectivity index (χ0v) is 12.0. The number of pyridine rings is 1. The van der Waals surface area contributed by atoms with Crippen LogP contribution in [0.25, 0.3) is 0 Å². The Hall–Kier alpha value is -2.21. The Morgan fingerprint density at radius 3 is 2.90 bits per heavy atom. The molecule has 0 aromatic carbocycles. The minimum Gasteiger partial charge on any atom is -0.477 e. The molecule has 0 aliphatic heterocycles. The SMILES string of the molecule is O=C(O)c1ccc(NC(=O)C2CCCc3sccc32)cn1. The molecule has 1 amide bonds. The summed E-state index contributed by atoms with van der Waals surface area (Å²) in [4.78, 5) is 28.2. The Kier molecular flexibility index (Phi) is 3.70. The molecule has 2 aromatic rings. The van der Waals surface area contributed by atoms with Gasteiger partial charge in [-0.05, 0) is 48.4 Å². The number of anilines is 1. The molecule has 3 rings (SSSR count). The molecule has 6 heteroatoms. The third kappa shape index (κ3) is 2.80. The van der Waals surface area contributed by atoms with Crippen LogP contribution in [0.15, 0.2) is 29.8 Å². The molecule has 0 spiro atoms. The number of aryl methyl sites for hydroxylation is 1. The zero-order valence-electron chi connectivity index (χ0n) is 11.2. The van der Waals surface area contributed by atoms with Gasteiger partial charge in [0, 0.05) is 4.88 Å². The normalized spacial score (nSPS) is 17.0. The number of rotatable bonds is 3. The van der Waals surface area contributed by atoms with Crippen molar-refractivity contribution in [1.82, 2.24) is 4.98 Å².